The third-order valence-corrected chi connectivity index (χ3v) is 2.87. The van der Waals surface area contributed by atoms with E-state index in [2.05, 4.69) is 14.8 Å². The van der Waals surface area contributed by atoms with Gasteiger partial charge in [0, 0.05) is 6.04 Å². The van der Waals surface area contributed by atoms with Gasteiger partial charge in [-0.1, -0.05) is 6.92 Å². The van der Waals surface area contributed by atoms with Gasteiger partial charge in [-0.15, -0.1) is 5.10 Å². The molecule has 0 radical (unpaired) electrons. The maximum atomic E-state index is 11.4. The number of carbonyl (C=O) groups is 1. The van der Waals surface area contributed by atoms with Crippen LogP contribution in [-0.2, 0) is 4.74 Å². The molecule has 19 heavy (non-hydrogen) atoms. The SMILES string of the molecule is CCC(N)C(c1ccco1)n1cnc(C(=O)OC)n1. The lowest BCUT2D eigenvalue weighted by Crippen LogP contribution is -2.32. The van der Waals surface area contributed by atoms with Crippen LogP contribution in [0.1, 0.15) is 35.8 Å². The Bertz CT molecular complexity index is 535. The van der Waals surface area contributed by atoms with Gasteiger partial charge in [-0.2, -0.15) is 0 Å². The Balaban J connectivity index is 2.34. The smallest absolute Gasteiger partial charge is 0.377 e. The topological polar surface area (TPSA) is 96.2 Å². The van der Waals surface area contributed by atoms with Crippen molar-refractivity contribution in [1.82, 2.24) is 14.8 Å². The second-order valence-corrected chi connectivity index (χ2v) is 4.07. The number of nitrogens with two attached hydrogens (primary N) is 1. The molecular formula is C12H16N4O3. The molecule has 0 saturated heterocycles. The van der Waals surface area contributed by atoms with Gasteiger partial charge in [-0.05, 0) is 18.6 Å². The summed E-state index contributed by atoms with van der Waals surface area (Å²) in [6.07, 6.45) is 3.76. The summed E-state index contributed by atoms with van der Waals surface area (Å²) in [5, 5.41) is 4.10. The Kier molecular flexibility index (Phi) is 3.96. The van der Waals surface area contributed by atoms with Crippen LogP contribution in [0.5, 0.6) is 0 Å². The monoisotopic (exact) mass is 264 g/mol. The first kappa shape index (κ1) is 13.3. The van der Waals surface area contributed by atoms with Crippen LogP contribution in [0.15, 0.2) is 29.1 Å². The molecule has 0 aromatic carbocycles. The fourth-order valence-corrected chi connectivity index (χ4v) is 1.81. The summed E-state index contributed by atoms with van der Waals surface area (Å²) in [4.78, 5) is 15.3. The van der Waals surface area contributed by atoms with E-state index in [9.17, 15) is 4.79 Å². The summed E-state index contributed by atoms with van der Waals surface area (Å²) in [7, 11) is 1.28. The van der Waals surface area contributed by atoms with Gasteiger partial charge in [0.1, 0.15) is 18.1 Å². The zero-order valence-corrected chi connectivity index (χ0v) is 10.8. The highest BCUT2D eigenvalue weighted by Gasteiger charge is 2.25. The van der Waals surface area contributed by atoms with Crippen molar-refractivity contribution in [2.24, 2.45) is 5.73 Å². The number of nitrogens with zero attached hydrogens (tertiary/aromatic N) is 3. The number of furan rings is 1. The van der Waals surface area contributed by atoms with E-state index in [1.54, 1.807) is 12.3 Å². The van der Waals surface area contributed by atoms with Crippen LogP contribution in [0.4, 0.5) is 0 Å². The molecular weight excluding hydrogens is 248 g/mol. The van der Waals surface area contributed by atoms with E-state index in [-0.39, 0.29) is 17.9 Å². The molecule has 0 aliphatic carbocycles. The molecule has 2 aromatic rings. The van der Waals surface area contributed by atoms with Gasteiger partial charge in [-0.25, -0.2) is 14.5 Å². The highest BCUT2D eigenvalue weighted by atomic mass is 16.5. The average molecular weight is 264 g/mol. The predicted molar refractivity (Wildman–Crippen MR) is 66.5 cm³/mol. The van der Waals surface area contributed by atoms with Crippen LogP contribution in [-0.4, -0.2) is 33.9 Å². The number of aromatic nitrogens is 3. The maximum Gasteiger partial charge on any atom is 0.377 e. The Morgan fingerprint density at radius 2 is 2.42 bits per heavy atom. The zero-order valence-electron chi connectivity index (χ0n) is 10.8. The lowest BCUT2D eigenvalue weighted by atomic mass is 10.0. The third-order valence-electron chi connectivity index (χ3n) is 2.87. The molecule has 0 spiro atoms. The first-order chi connectivity index (χ1) is 9.17. The molecule has 0 aliphatic heterocycles. The van der Waals surface area contributed by atoms with Gasteiger partial charge in [0.2, 0.25) is 0 Å². The molecule has 0 amide bonds. The Labute approximate surface area is 110 Å². The van der Waals surface area contributed by atoms with Crippen molar-refractivity contribution in [3.8, 4) is 0 Å². The lowest BCUT2D eigenvalue weighted by molar-refractivity contribution is 0.0586. The molecule has 2 unspecified atom stereocenters. The van der Waals surface area contributed by atoms with Crippen molar-refractivity contribution in [3.63, 3.8) is 0 Å². The molecule has 7 nitrogen and oxygen atoms in total. The molecule has 7 heteroatoms. The highest BCUT2D eigenvalue weighted by molar-refractivity contribution is 5.84. The zero-order chi connectivity index (χ0) is 13.8. The van der Waals surface area contributed by atoms with Crippen molar-refractivity contribution < 1.29 is 13.9 Å². The Morgan fingerprint density at radius 3 is 3.00 bits per heavy atom. The maximum absolute atomic E-state index is 11.4. The molecule has 0 bridgehead atoms. The van der Waals surface area contributed by atoms with E-state index in [0.717, 1.165) is 6.42 Å². The third kappa shape index (κ3) is 2.65. The minimum Gasteiger partial charge on any atom is -0.467 e. The minimum atomic E-state index is -0.581. The van der Waals surface area contributed by atoms with Crippen LogP contribution < -0.4 is 5.73 Å². The van der Waals surface area contributed by atoms with Crippen LogP contribution >= 0.6 is 0 Å². The number of hydrogen-bond acceptors (Lipinski definition) is 6. The summed E-state index contributed by atoms with van der Waals surface area (Å²) < 4.78 is 11.5. The van der Waals surface area contributed by atoms with Crippen LogP contribution in [0.25, 0.3) is 0 Å². The lowest BCUT2D eigenvalue weighted by Gasteiger charge is -2.20. The van der Waals surface area contributed by atoms with Crippen molar-refractivity contribution >= 4 is 5.97 Å². The quantitative estimate of drug-likeness (QED) is 0.809. The van der Waals surface area contributed by atoms with Gasteiger partial charge in [0.15, 0.2) is 0 Å². The fourth-order valence-electron chi connectivity index (χ4n) is 1.81. The number of esters is 1. The van der Waals surface area contributed by atoms with E-state index in [1.165, 1.54) is 18.1 Å². The van der Waals surface area contributed by atoms with Gasteiger partial charge in [-0.3, -0.25) is 0 Å². The van der Waals surface area contributed by atoms with Crippen molar-refractivity contribution in [1.29, 1.82) is 0 Å². The number of ether oxygens (including phenoxy) is 1. The van der Waals surface area contributed by atoms with Crippen LogP contribution in [0, 0.1) is 0 Å². The first-order valence-corrected chi connectivity index (χ1v) is 5.95. The van der Waals surface area contributed by atoms with E-state index < -0.39 is 5.97 Å². The molecule has 2 rings (SSSR count). The molecule has 0 aliphatic rings. The van der Waals surface area contributed by atoms with Gasteiger partial charge < -0.3 is 14.9 Å². The number of hydrogen-bond donors (Lipinski definition) is 1. The van der Waals surface area contributed by atoms with Gasteiger partial charge in [0.25, 0.3) is 5.82 Å². The van der Waals surface area contributed by atoms with Crippen LogP contribution in [0.3, 0.4) is 0 Å². The summed E-state index contributed by atoms with van der Waals surface area (Å²) in [6.45, 7) is 1.97. The van der Waals surface area contributed by atoms with Crippen LogP contribution in [0.2, 0.25) is 0 Å². The standard InChI is InChI=1S/C12H16N4O3/c1-3-8(13)10(9-5-4-6-19-9)16-7-14-11(15-16)12(17)18-2/h4-8,10H,3,13H2,1-2H3. The Hall–Kier alpha value is -2.15. The van der Waals surface area contributed by atoms with Crippen molar-refractivity contribution in [2.45, 2.75) is 25.4 Å². The number of carbonyl (C=O) groups excluding carboxylic acids is 1. The largest absolute Gasteiger partial charge is 0.467 e. The number of methoxy groups -OCH3 is 1. The van der Waals surface area contributed by atoms with E-state index in [0.29, 0.717) is 5.76 Å². The summed E-state index contributed by atoms with van der Waals surface area (Å²) in [5.74, 6) is 0.0973. The molecule has 0 saturated carbocycles. The normalized spacial score (nSPS) is 14.1. The minimum absolute atomic E-state index is 0.00218. The van der Waals surface area contributed by atoms with Crippen molar-refractivity contribution in [3.05, 3.63) is 36.3 Å². The van der Waals surface area contributed by atoms with Crippen molar-refractivity contribution in [2.75, 3.05) is 7.11 Å². The fraction of sp³-hybridized carbons (Fsp3) is 0.417. The van der Waals surface area contributed by atoms with E-state index in [1.807, 2.05) is 13.0 Å². The molecule has 2 N–H and O–H groups in total. The Morgan fingerprint density at radius 1 is 1.63 bits per heavy atom. The predicted octanol–water partition coefficient (Wildman–Crippen LogP) is 0.984. The molecule has 102 valence electrons. The second kappa shape index (κ2) is 5.66. The van der Waals surface area contributed by atoms with Gasteiger partial charge in [0.05, 0.1) is 13.4 Å². The molecule has 2 atom stereocenters. The summed E-state index contributed by atoms with van der Waals surface area (Å²) in [6, 6.07) is 3.10. The number of rotatable bonds is 5. The highest BCUT2D eigenvalue weighted by Crippen LogP contribution is 2.22. The molecule has 0 fully saturated rings. The van der Waals surface area contributed by atoms with Gasteiger partial charge >= 0.3 is 5.97 Å². The average Bonchev–Trinajstić information content (AvgIpc) is 3.09. The van der Waals surface area contributed by atoms with E-state index >= 15 is 0 Å². The summed E-state index contributed by atoms with van der Waals surface area (Å²) in [5.41, 5.74) is 6.09. The molecule has 2 heterocycles. The van der Waals surface area contributed by atoms with E-state index in [4.69, 9.17) is 10.2 Å². The second-order valence-electron chi connectivity index (χ2n) is 4.07. The summed E-state index contributed by atoms with van der Waals surface area (Å²) >= 11 is 0. The first-order valence-electron chi connectivity index (χ1n) is 5.95. The molecule has 2 aromatic heterocycles.